The Hall–Kier alpha value is -1.95. The van der Waals surface area contributed by atoms with Crippen LogP contribution < -0.4 is 10.1 Å². The number of ether oxygens (including phenoxy) is 1. The molecular weight excluding hydrogens is 188 g/mol. The molecule has 0 unspecified atom stereocenters. The minimum Gasteiger partial charge on any atom is -0.497 e. The number of benzene rings is 1. The molecule has 1 aromatic carbocycles. The number of methoxy groups -OCH3 is 1. The van der Waals surface area contributed by atoms with Crippen molar-refractivity contribution >= 4 is 5.69 Å². The monoisotopic (exact) mass is 202 g/mol. The molecule has 3 heteroatoms. The quantitative estimate of drug-likeness (QED) is 0.746. The van der Waals surface area contributed by atoms with Gasteiger partial charge in [0.25, 0.3) is 0 Å². The van der Waals surface area contributed by atoms with Crippen molar-refractivity contribution < 1.29 is 4.74 Å². The second-order valence-electron chi connectivity index (χ2n) is 3.17. The van der Waals surface area contributed by atoms with Crippen LogP contribution in [-0.4, -0.2) is 13.7 Å². The lowest BCUT2D eigenvalue weighted by molar-refractivity contribution is 0.415. The number of nitrogens with zero attached hydrogens (tertiary/aromatic N) is 1. The standard InChI is InChI=1S/C12H14N2O/c1-10(6-7-13)9-14-11-4-3-5-12(8-11)15-2/h3-5,8,14H,1,6,9H2,2H3. The third-order valence-corrected chi connectivity index (χ3v) is 1.94. The summed E-state index contributed by atoms with van der Waals surface area (Å²) in [7, 11) is 1.63. The highest BCUT2D eigenvalue weighted by Gasteiger charge is 1.96. The zero-order valence-electron chi connectivity index (χ0n) is 8.79. The van der Waals surface area contributed by atoms with Crippen molar-refractivity contribution in [3.8, 4) is 11.8 Å². The van der Waals surface area contributed by atoms with E-state index < -0.39 is 0 Å². The highest BCUT2D eigenvalue weighted by Crippen LogP contribution is 2.16. The van der Waals surface area contributed by atoms with Crippen LogP contribution in [0.25, 0.3) is 0 Å². The maximum atomic E-state index is 8.46. The van der Waals surface area contributed by atoms with E-state index in [2.05, 4.69) is 18.0 Å². The molecule has 15 heavy (non-hydrogen) atoms. The van der Waals surface area contributed by atoms with Gasteiger partial charge in [-0.25, -0.2) is 0 Å². The van der Waals surface area contributed by atoms with E-state index in [0.29, 0.717) is 13.0 Å². The second-order valence-corrected chi connectivity index (χ2v) is 3.17. The minimum atomic E-state index is 0.386. The first kappa shape index (κ1) is 11.1. The average molecular weight is 202 g/mol. The lowest BCUT2D eigenvalue weighted by Gasteiger charge is -2.08. The summed E-state index contributed by atoms with van der Waals surface area (Å²) in [6.45, 7) is 4.40. The van der Waals surface area contributed by atoms with Crippen molar-refractivity contribution in [2.24, 2.45) is 0 Å². The second kappa shape index (κ2) is 5.71. The van der Waals surface area contributed by atoms with Crippen LogP contribution in [0.15, 0.2) is 36.4 Å². The fraction of sp³-hybridized carbons (Fsp3) is 0.250. The molecule has 3 nitrogen and oxygen atoms in total. The molecule has 1 N–H and O–H groups in total. The molecular formula is C12H14N2O. The number of hydrogen-bond donors (Lipinski definition) is 1. The highest BCUT2D eigenvalue weighted by molar-refractivity contribution is 5.48. The van der Waals surface area contributed by atoms with Crippen molar-refractivity contribution in [1.29, 1.82) is 5.26 Å². The van der Waals surface area contributed by atoms with Crippen molar-refractivity contribution in [2.45, 2.75) is 6.42 Å². The third kappa shape index (κ3) is 3.74. The van der Waals surface area contributed by atoms with Gasteiger partial charge in [-0.3, -0.25) is 0 Å². The van der Waals surface area contributed by atoms with Gasteiger partial charge in [0.15, 0.2) is 0 Å². The summed E-state index contributed by atoms with van der Waals surface area (Å²) in [5.41, 5.74) is 1.84. The molecule has 0 spiro atoms. The Morgan fingerprint density at radius 2 is 2.40 bits per heavy atom. The van der Waals surface area contributed by atoms with Gasteiger partial charge in [-0.1, -0.05) is 12.6 Å². The smallest absolute Gasteiger partial charge is 0.120 e. The van der Waals surface area contributed by atoms with Gasteiger partial charge < -0.3 is 10.1 Å². The average Bonchev–Trinajstić information content (AvgIpc) is 2.27. The summed E-state index contributed by atoms with van der Waals surface area (Å²) in [6, 6.07) is 9.71. The van der Waals surface area contributed by atoms with Gasteiger partial charge in [-0.2, -0.15) is 5.26 Å². The van der Waals surface area contributed by atoms with E-state index >= 15 is 0 Å². The van der Waals surface area contributed by atoms with Crippen LogP contribution in [0.1, 0.15) is 6.42 Å². The molecule has 0 saturated carbocycles. The van der Waals surface area contributed by atoms with E-state index in [1.807, 2.05) is 24.3 Å². The van der Waals surface area contributed by atoms with Crippen molar-refractivity contribution in [2.75, 3.05) is 19.0 Å². The number of hydrogen-bond acceptors (Lipinski definition) is 3. The Morgan fingerprint density at radius 1 is 1.60 bits per heavy atom. The molecule has 1 aromatic rings. The Balaban J connectivity index is 2.51. The first-order chi connectivity index (χ1) is 7.26. The number of anilines is 1. The van der Waals surface area contributed by atoms with E-state index in [9.17, 15) is 0 Å². The predicted molar refractivity (Wildman–Crippen MR) is 60.9 cm³/mol. The predicted octanol–water partition coefficient (Wildman–Crippen LogP) is 2.58. The lowest BCUT2D eigenvalue weighted by atomic mass is 10.2. The van der Waals surface area contributed by atoms with Crippen LogP contribution in [0.2, 0.25) is 0 Å². The zero-order valence-corrected chi connectivity index (χ0v) is 8.79. The topological polar surface area (TPSA) is 45.0 Å². The molecule has 0 radical (unpaired) electrons. The number of nitrogens with one attached hydrogen (secondary N) is 1. The van der Waals surface area contributed by atoms with Gasteiger partial charge in [0, 0.05) is 18.3 Å². The molecule has 0 aliphatic rings. The van der Waals surface area contributed by atoms with Gasteiger partial charge in [-0.15, -0.1) is 0 Å². The summed E-state index contributed by atoms with van der Waals surface area (Å²) >= 11 is 0. The molecule has 0 saturated heterocycles. The van der Waals surface area contributed by atoms with Gasteiger partial charge in [0.1, 0.15) is 5.75 Å². The number of rotatable bonds is 5. The summed E-state index contributed by atoms with van der Waals surface area (Å²) < 4.78 is 5.09. The summed E-state index contributed by atoms with van der Waals surface area (Å²) in [4.78, 5) is 0. The van der Waals surface area contributed by atoms with E-state index in [4.69, 9.17) is 10.00 Å². The van der Waals surface area contributed by atoms with E-state index in [1.165, 1.54) is 0 Å². The van der Waals surface area contributed by atoms with Crippen LogP contribution in [-0.2, 0) is 0 Å². The molecule has 0 heterocycles. The SMILES string of the molecule is C=C(CC#N)CNc1cccc(OC)c1. The van der Waals surface area contributed by atoms with Crippen molar-refractivity contribution in [3.05, 3.63) is 36.4 Å². The van der Waals surface area contributed by atoms with Crippen LogP contribution in [0.5, 0.6) is 5.75 Å². The van der Waals surface area contributed by atoms with Crippen LogP contribution in [0.3, 0.4) is 0 Å². The summed E-state index contributed by atoms with van der Waals surface area (Å²) in [6.07, 6.45) is 0.386. The Bertz CT molecular complexity index is 379. The third-order valence-electron chi connectivity index (χ3n) is 1.94. The Labute approximate surface area is 90.0 Å². The minimum absolute atomic E-state index is 0.386. The van der Waals surface area contributed by atoms with Gasteiger partial charge in [0.2, 0.25) is 0 Å². The summed E-state index contributed by atoms with van der Waals surface area (Å²) in [5, 5.41) is 11.6. The molecule has 1 rings (SSSR count). The van der Waals surface area contributed by atoms with Gasteiger partial charge in [-0.05, 0) is 17.7 Å². The van der Waals surface area contributed by atoms with E-state index in [-0.39, 0.29) is 0 Å². The molecule has 0 aliphatic heterocycles. The normalized spacial score (nSPS) is 9.07. The van der Waals surface area contributed by atoms with Gasteiger partial charge in [0.05, 0.1) is 19.6 Å². The molecule has 78 valence electrons. The molecule has 0 amide bonds. The maximum Gasteiger partial charge on any atom is 0.120 e. The highest BCUT2D eigenvalue weighted by atomic mass is 16.5. The van der Waals surface area contributed by atoms with E-state index in [0.717, 1.165) is 17.0 Å². The Morgan fingerprint density at radius 3 is 3.07 bits per heavy atom. The summed E-state index contributed by atoms with van der Waals surface area (Å²) in [5.74, 6) is 0.811. The van der Waals surface area contributed by atoms with Crippen LogP contribution in [0, 0.1) is 11.3 Å². The molecule has 0 aliphatic carbocycles. The first-order valence-electron chi connectivity index (χ1n) is 4.68. The fourth-order valence-electron chi connectivity index (χ4n) is 1.13. The van der Waals surface area contributed by atoms with Crippen LogP contribution >= 0.6 is 0 Å². The molecule has 0 atom stereocenters. The Kier molecular flexibility index (Phi) is 4.24. The number of nitriles is 1. The molecule has 0 fully saturated rings. The van der Waals surface area contributed by atoms with Crippen molar-refractivity contribution in [1.82, 2.24) is 0 Å². The maximum absolute atomic E-state index is 8.46. The fourth-order valence-corrected chi connectivity index (χ4v) is 1.13. The lowest BCUT2D eigenvalue weighted by Crippen LogP contribution is -2.03. The molecule has 0 aromatic heterocycles. The van der Waals surface area contributed by atoms with Crippen LogP contribution in [0.4, 0.5) is 5.69 Å². The van der Waals surface area contributed by atoms with Gasteiger partial charge >= 0.3 is 0 Å². The zero-order chi connectivity index (χ0) is 11.1. The van der Waals surface area contributed by atoms with Crippen molar-refractivity contribution in [3.63, 3.8) is 0 Å². The van der Waals surface area contributed by atoms with E-state index in [1.54, 1.807) is 7.11 Å². The largest absolute Gasteiger partial charge is 0.497 e. The molecule has 0 bridgehead atoms. The first-order valence-corrected chi connectivity index (χ1v) is 4.68.